The van der Waals surface area contributed by atoms with Crippen molar-refractivity contribution in [3.05, 3.63) is 48.2 Å². The zero-order valence-corrected chi connectivity index (χ0v) is 20.3. The minimum Gasteiger partial charge on any atom is -0.343 e. The maximum Gasteiger partial charge on any atom is 0.251 e. The zero-order valence-electron chi connectivity index (χ0n) is 19.5. The standard InChI is InChI=1S/C24H28N6O3S/c1-13(2)19(28-21(31)14(3)25-4)23(33)30-17(12-15-8-7-11-26-20(15)30)22(32)29-24-27-16-9-5-6-10-18(16)34-24/h5-11,13-14,17,19,25H,12H2,1-4H3,(H,28,31)(H,27,29,32)/t14-,17-,19-/m0/s1. The van der Waals surface area contributed by atoms with E-state index in [1.54, 1.807) is 26.2 Å². The lowest BCUT2D eigenvalue weighted by molar-refractivity contribution is -0.130. The number of aromatic nitrogens is 2. The van der Waals surface area contributed by atoms with Gasteiger partial charge in [0, 0.05) is 12.6 Å². The highest BCUT2D eigenvalue weighted by Crippen LogP contribution is 2.33. The Labute approximate surface area is 202 Å². The second-order valence-corrected chi connectivity index (χ2v) is 9.66. The molecule has 1 aromatic carbocycles. The molecule has 0 fully saturated rings. The topological polar surface area (TPSA) is 116 Å². The minimum absolute atomic E-state index is 0.193. The van der Waals surface area contributed by atoms with Crippen LogP contribution < -0.4 is 20.9 Å². The van der Waals surface area contributed by atoms with Crippen LogP contribution in [0, 0.1) is 5.92 Å². The number of benzene rings is 1. The number of nitrogens with zero attached hydrogens (tertiary/aromatic N) is 3. The van der Waals surface area contributed by atoms with Crippen molar-refractivity contribution in [2.45, 2.75) is 45.3 Å². The summed E-state index contributed by atoms with van der Waals surface area (Å²) in [4.78, 5) is 50.0. The van der Waals surface area contributed by atoms with E-state index < -0.39 is 18.1 Å². The number of fused-ring (bicyclic) bond motifs is 2. The summed E-state index contributed by atoms with van der Waals surface area (Å²) in [5.41, 5.74) is 1.60. The fourth-order valence-electron chi connectivity index (χ4n) is 3.91. The molecule has 0 unspecified atom stereocenters. The lowest BCUT2D eigenvalue weighted by Gasteiger charge is -2.30. The van der Waals surface area contributed by atoms with Crippen molar-refractivity contribution >= 4 is 50.2 Å². The van der Waals surface area contributed by atoms with Gasteiger partial charge in [0.15, 0.2) is 5.13 Å². The lowest BCUT2D eigenvalue weighted by atomic mass is 10.0. The van der Waals surface area contributed by atoms with Gasteiger partial charge in [-0.1, -0.05) is 43.4 Å². The molecule has 1 aliphatic rings. The Kier molecular flexibility index (Phi) is 6.90. The number of thiazole rings is 1. The molecule has 3 N–H and O–H groups in total. The van der Waals surface area contributed by atoms with E-state index in [0.717, 1.165) is 15.8 Å². The van der Waals surface area contributed by atoms with Crippen LogP contribution in [0.5, 0.6) is 0 Å². The first-order chi connectivity index (χ1) is 16.3. The molecule has 1 aliphatic heterocycles. The van der Waals surface area contributed by atoms with E-state index in [0.29, 0.717) is 17.4 Å². The van der Waals surface area contributed by atoms with Crippen LogP contribution in [0.15, 0.2) is 42.6 Å². The Morgan fingerprint density at radius 1 is 1.12 bits per heavy atom. The highest BCUT2D eigenvalue weighted by Gasteiger charge is 2.43. The highest BCUT2D eigenvalue weighted by atomic mass is 32.1. The first-order valence-corrected chi connectivity index (χ1v) is 12.0. The molecule has 4 rings (SSSR count). The summed E-state index contributed by atoms with van der Waals surface area (Å²) in [6.45, 7) is 5.44. The minimum atomic E-state index is -0.811. The number of pyridine rings is 1. The maximum atomic E-state index is 13.8. The molecular weight excluding hydrogens is 452 g/mol. The van der Waals surface area contributed by atoms with Gasteiger partial charge in [0.1, 0.15) is 17.9 Å². The van der Waals surface area contributed by atoms with Gasteiger partial charge in [0.2, 0.25) is 11.8 Å². The first-order valence-electron chi connectivity index (χ1n) is 11.2. The molecule has 0 saturated carbocycles. The van der Waals surface area contributed by atoms with Gasteiger partial charge in [-0.15, -0.1) is 0 Å². The molecule has 0 saturated heterocycles. The van der Waals surface area contributed by atoms with E-state index in [2.05, 4.69) is 25.9 Å². The lowest BCUT2D eigenvalue weighted by Crippen LogP contribution is -2.57. The Bertz CT molecular complexity index is 1190. The number of para-hydroxylation sites is 1. The van der Waals surface area contributed by atoms with Crippen LogP contribution in [0.1, 0.15) is 26.3 Å². The third kappa shape index (κ3) is 4.64. The van der Waals surface area contributed by atoms with Crippen LogP contribution in [0.25, 0.3) is 10.2 Å². The number of carbonyl (C=O) groups excluding carboxylic acids is 3. The molecule has 3 atom stereocenters. The normalized spacial score (nSPS) is 16.9. The van der Waals surface area contributed by atoms with Crippen molar-refractivity contribution in [2.75, 3.05) is 17.3 Å². The number of anilines is 2. The second kappa shape index (κ2) is 9.86. The molecule has 10 heteroatoms. The molecule has 0 bridgehead atoms. The Morgan fingerprint density at radius 2 is 1.88 bits per heavy atom. The number of hydrogen-bond acceptors (Lipinski definition) is 7. The molecule has 9 nitrogen and oxygen atoms in total. The molecule has 34 heavy (non-hydrogen) atoms. The Hall–Kier alpha value is -3.37. The summed E-state index contributed by atoms with van der Waals surface area (Å²) in [5, 5.41) is 9.07. The summed E-state index contributed by atoms with van der Waals surface area (Å²) in [6, 6.07) is 9.20. The Morgan fingerprint density at radius 3 is 2.59 bits per heavy atom. The number of hydrogen-bond donors (Lipinski definition) is 3. The molecule has 3 amide bonds. The van der Waals surface area contributed by atoms with E-state index in [1.807, 2.05) is 44.2 Å². The SMILES string of the molecule is CN[C@@H](C)C(=O)N[C@H](C(=O)N1c2ncccc2C[C@H]1C(=O)Nc1nc2ccccc2s1)C(C)C. The maximum absolute atomic E-state index is 13.8. The van der Waals surface area contributed by atoms with Gasteiger partial charge in [-0.2, -0.15) is 0 Å². The quantitative estimate of drug-likeness (QED) is 0.478. The third-order valence-electron chi connectivity index (χ3n) is 5.94. The van der Waals surface area contributed by atoms with Gasteiger partial charge in [0.05, 0.1) is 16.3 Å². The van der Waals surface area contributed by atoms with E-state index in [-0.39, 0.29) is 23.6 Å². The Balaban J connectivity index is 1.62. The molecule has 3 heterocycles. The molecular formula is C24H28N6O3S. The van der Waals surface area contributed by atoms with Crippen LogP contribution in [0.2, 0.25) is 0 Å². The van der Waals surface area contributed by atoms with Gasteiger partial charge in [-0.05, 0) is 43.7 Å². The van der Waals surface area contributed by atoms with Crippen molar-refractivity contribution in [3.8, 4) is 0 Å². The molecule has 0 aliphatic carbocycles. The number of rotatable bonds is 7. The van der Waals surface area contributed by atoms with Crippen LogP contribution >= 0.6 is 11.3 Å². The largest absolute Gasteiger partial charge is 0.343 e. The van der Waals surface area contributed by atoms with E-state index in [4.69, 9.17) is 0 Å². The van der Waals surface area contributed by atoms with Crippen LogP contribution in [0.4, 0.5) is 10.9 Å². The average Bonchev–Trinajstić information content (AvgIpc) is 3.42. The molecule has 2 aromatic heterocycles. The number of nitrogens with one attached hydrogen (secondary N) is 3. The monoisotopic (exact) mass is 480 g/mol. The van der Waals surface area contributed by atoms with E-state index in [1.165, 1.54) is 16.2 Å². The van der Waals surface area contributed by atoms with Crippen molar-refractivity contribution < 1.29 is 14.4 Å². The van der Waals surface area contributed by atoms with Crippen molar-refractivity contribution in [1.29, 1.82) is 0 Å². The van der Waals surface area contributed by atoms with Crippen LogP contribution in [-0.2, 0) is 20.8 Å². The van der Waals surface area contributed by atoms with Gasteiger partial charge >= 0.3 is 0 Å². The summed E-state index contributed by atoms with van der Waals surface area (Å²) in [6.07, 6.45) is 1.93. The van der Waals surface area contributed by atoms with Gasteiger partial charge in [-0.3, -0.25) is 19.3 Å². The zero-order chi connectivity index (χ0) is 24.4. The fourth-order valence-corrected chi connectivity index (χ4v) is 4.78. The molecule has 3 aromatic rings. The number of amides is 3. The number of carbonyl (C=O) groups is 3. The van der Waals surface area contributed by atoms with Crippen LogP contribution in [0.3, 0.4) is 0 Å². The molecule has 178 valence electrons. The fraction of sp³-hybridized carbons (Fsp3) is 0.375. The predicted octanol–water partition coefficient (Wildman–Crippen LogP) is 2.34. The molecule has 0 radical (unpaired) electrons. The highest BCUT2D eigenvalue weighted by molar-refractivity contribution is 7.22. The van der Waals surface area contributed by atoms with Gasteiger partial charge in [0.25, 0.3) is 5.91 Å². The second-order valence-electron chi connectivity index (χ2n) is 8.63. The summed E-state index contributed by atoms with van der Waals surface area (Å²) >= 11 is 1.38. The summed E-state index contributed by atoms with van der Waals surface area (Å²) in [5.74, 6) is -0.749. The first kappa shape index (κ1) is 23.8. The predicted molar refractivity (Wildman–Crippen MR) is 133 cm³/mol. The smallest absolute Gasteiger partial charge is 0.251 e. The van der Waals surface area contributed by atoms with E-state index >= 15 is 0 Å². The molecule has 0 spiro atoms. The van der Waals surface area contributed by atoms with Crippen molar-refractivity contribution in [2.24, 2.45) is 5.92 Å². The number of likely N-dealkylation sites (N-methyl/N-ethyl adjacent to an activating group) is 1. The van der Waals surface area contributed by atoms with Crippen LogP contribution in [-0.4, -0.2) is 52.9 Å². The summed E-state index contributed by atoms with van der Waals surface area (Å²) < 4.78 is 0.961. The van der Waals surface area contributed by atoms with E-state index in [9.17, 15) is 14.4 Å². The van der Waals surface area contributed by atoms with Gasteiger partial charge in [-0.25, -0.2) is 9.97 Å². The van der Waals surface area contributed by atoms with Crippen molar-refractivity contribution in [1.82, 2.24) is 20.6 Å². The third-order valence-corrected chi connectivity index (χ3v) is 6.89. The summed E-state index contributed by atoms with van der Waals surface area (Å²) in [7, 11) is 1.68. The van der Waals surface area contributed by atoms with Gasteiger partial charge < -0.3 is 16.0 Å². The van der Waals surface area contributed by atoms with Crippen molar-refractivity contribution in [3.63, 3.8) is 0 Å². The average molecular weight is 481 g/mol.